The lowest BCUT2D eigenvalue weighted by Gasteiger charge is -2.13. The summed E-state index contributed by atoms with van der Waals surface area (Å²) < 4.78 is 5.78. The molecule has 0 aliphatic carbocycles. The Morgan fingerprint density at radius 2 is 1.86 bits per heavy atom. The zero-order chi connectivity index (χ0) is 20.4. The maximum atomic E-state index is 12.5. The fourth-order valence-electron chi connectivity index (χ4n) is 2.77. The number of carbonyl (C=O) groups is 1. The van der Waals surface area contributed by atoms with Gasteiger partial charge in [-0.2, -0.15) is 0 Å². The number of benzene rings is 2. The number of nitrogens with zero attached hydrogens (tertiary/aromatic N) is 2. The molecule has 0 bridgehead atoms. The van der Waals surface area contributed by atoms with Crippen LogP contribution in [0.25, 0.3) is 6.08 Å². The molecule has 0 unspecified atom stereocenters. The summed E-state index contributed by atoms with van der Waals surface area (Å²) in [5, 5.41) is 2.02. The molecule has 1 heterocycles. The van der Waals surface area contributed by atoms with Gasteiger partial charge >= 0.3 is 0 Å². The number of amides is 1. The lowest BCUT2D eigenvalue weighted by molar-refractivity contribution is -0.122. The molecule has 1 fully saturated rings. The molecule has 3 rings (SSSR count). The van der Waals surface area contributed by atoms with Crippen LogP contribution in [-0.2, 0) is 11.4 Å². The quantitative estimate of drug-likeness (QED) is 0.431. The van der Waals surface area contributed by atoms with Crippen LogP contribution < -0.4 is 4.74 Å². The van der Waals surface area contributed by atoms with Crippen molar-refractivity contribution in [1.82, 2.24) is 9.80 Å². The second-order valence-corrected chi connectivity index (χ2v) is 7.75. The predicted molar refractivity (Wildman–Crippen MR) is 118 cm³/mol. The highest BCUT2D eigenvalue weighted by atomic mass is 35.5. The lowest BCUT2D eigenvalue weighted by atomic mass is 10.1. The molecule has 2 aromatic rings. The van der Waals surface area contributed by atoms with E-state index in [0.29, 0.717) is 38.2 Å². The number of thiocarbonyl (C=S) groups is 1. The first kappa shape index (κ1) is 20.9. The van der Waals surface area contributed by atoms with Crippen molar-refractivity contribution in [3.63, 3.8) is 0 Å². The van der Waals surface area contributed by atoms with Crippen LogP contribution in [0.1, 0.15) is 18.1 Å². The minimum absolute atomic E-state index is 0.121. The van der Waals surface area contributed by atoms with Gasteiger partial charge in [0.25, 0.3) is 5.91 Å². The summed E-state index contributed by atoms with van der Waals surface area (Å²) in [5.74, 6) is 0.399. The number of hydrogen-bond acceptors (Lipinski definition) is 3. The van der Waals surface area contributed by atoms with Crippen LogP contribution in [0.3, 0.4) is 0 Å². The Kier molecular flexibility index (Phi) is 6.50. The van der Waals surface area contributed by atoms with Gasteiger partial charge in [0.05, 0.1) is 5.02 Å². The van der Waals surface area contributed by atoms with E-state index < -0.39 is 0 Å². The molecule has 1 saturated heterocycles. The minimum Gasteiger partial charge on any atom is -0.487 e. The maximum absolute atomic E-state index is 12.5. The number of likely N-dealkylation sites (N-methyl/N-ethyl adjacent to an activating group) is 2. The molecule has 1 aliphatic rings. The van der Waals surface area contributed by atoms with E-state index in [1.54, 1.807) is 53.3 Å². The monoisotopic (exact) mass is 454 g/mol. The van der Waals surface area contributed by atoms with E-state index in [-0.39, 0.29) is 12.5 Å². The van der Waals surface area contributed by atoms with Crippen LogP contribution in [0, 0.1) is 0 Å². The van der Waals surface area contributed by atoms with Gasteiger partial charge in [-0.25, -0.2) is 0 Å². The van der Waals surface area contributed by atoms with Gasteiger partial charge in [0, 0.05) is 29.2 Å². The Bertz CT molecular complexity index is 978. The topological polar surface area (TPSA) is 32.8 Å². The van der Waals surface area contributed by atoms with Crippen molar-refractivity contribution in [1.29, 1.82) is 0 Å². The molecule has 146 valence electrons. The number of halogens is 3. The van der Waals surface area contributed by atoms with E-state index in [4.69, 9.17) is 51.8 Å². The highest BCUT2D eigenvalue weighted by Crippen LogP contribution is 2.30. The molecule has 4 nitrogen and oxygen atoms in total. The van der Waals surface area contributed by atoms with Gasteiger partial charge in [0.2, 0.25) is 0 Å². The van der Waals surface area contributed by atoms with Crippen molar-refractivity contribution < 1.29 is 9.53 Å². The molecular formula is C20H17Cl3N2O2S. The molecule has 8 heteroatoms. The third-order valence-corrected chi connectivity index (χ3v) is 5.69. The summed E-state index contributed by atoms with van der Waals surface area (Å²) in [6.45, 7) is 2.67. The first-order valence-electron chi connectivity index (χ1n) is 8.49. The van der Waals surface area contributed by atoms with Gasteiger partial charge in [-0.3, -0.25) is 9.69 Å². The molecule has 1 aliphatic heterocycles. The van der Waals surface area contributed by atoms with Gasteiger partial charge in [0.1, 0.15) is 18.1 Å². The summed E-state index contributed by atoms with van der Waals surface area (Å²) >= 11 is 23.7. The normalized spacial score (nSPS) is 15.7. The average Bonchev–Trinajstić information content (AvgIpc) is 2.85. The molecular weight excluding hydrogens is 439 g/mol. The molecule has 0 aromatic heterocycles. The van der Waals surface area contributed by atoms with Gasteiger partial charge < -0.3 is 9.64 Å². The first-order chi connectivity index (χ1) is 13.3. The van der Waals surface area contributed by atoms with Gasteiger partial charge in [-0.05, 0) is 55.0 Å². The van der Waals surface area contributed by atoms with Crippen LogP contribution in [0.4, 0.5) is 0 Å². The standard InChI is InChI=1S/C20H17Cl3N2O2S/c1-3-25-19(26)17(24(2)20(25)28)9-12-4-7-18(16(23)8-12)27-11-13-5-6-14(21)10-15(13)22/h4-10H,3,11H2,1-2H3/b17-9-. The molecule has 0 N–H and O–H groups in total. The van der Waals surface area contributed by atoms with Crippen molar-refractivity contribution in [2.75, 3.05) is 13.6 Å². The average molecular weight is 456 g/mol. The van der Waals surface area contributed by atoms with E-state index in [1.165, 1.54) is 0 Å². The second kappa shape index (κ2) is 8.70. The van der Waals surface area contributed by atoms with Crippen LogP contribution in [0.5, 0.6) is 5.75 Å². The lowest BCUT2D eigenvalue weighted by Crippen LogP contribution is -2.30. The summed E-state index contributed by atoms with van der Waals surface area (Å²) in [6.07, 6.45) is 1.76. The minimum atomic E-state index is -0.121. The summed E-state index contributed by atoms with van der Waals surface area (Å²) in [5.41, 5.74) is 2.09. The highest BCUT2D eigenvalue weighted by Gasteiger charge is 2.34. The van der Waals surface area contributed by atoms with Gasteiger partial charge in [0.15, 0.2) is 5.11 Å². The summed E-state index contributed by atoms with van der Waals surface area (Å²) in [6, 6.07) is 10.6. The molecule has 0 atom stereocenters. The van der Waals surface area contributed by atoms with Crippen LogP contribution >= 0.6 is 47.0 Å². The molecule has 2 aromatic carbocycles. The number of hydrogen-bond donors (Lipinski definition) is 0. The van der Waals surface area contributed by atoms with Crippen molar-refractivity contribution in [2.45, 2.75) is 13.5 Å². The van der Waals surface area contributed by atoms with Crippen LogP contribution in [-0.4, -0.2) is 34.4 Å². The number of carbonyl (C=O) groups excluding carboxylic acids is 1. The Hall–Kier alpha value is -1.79. The van der Waals surface area contributed by atoms with Crippen LogP contribution in [0.15, 0.2) is 42.1 Å². The summed E-state index contributed by atoms with van der Waals surface area (Å²) in [7, 11) is 1.77. The number of rotatable bonds is 5. The Morgan fingerprint density at radius 1 is 1.11 bits per heavy atom. The van der Waals surface area contributed by atoms with Crippen molar-refractivity contribution >= 4 is 64.1 Å². The fraction of sp³-hybridized carbons (Fsp3) is 0.200. The van der Waals surface area contributed by atoms with Crippen molar-refractivity contribution in [3.8, 4) is 5.75 Å². The smallest absolute Gasteiger partial charge is 0.276 e. The van der Waals surface area contributed by atoms with E-state index in [0.717, 1.165) is 11.1 Å². The predicted octanol–water partition coefficient (Wildman–Crippen LogP) is 5.65. The number of ether oxygens (including phenoxy) is 1. The SMILES string of the molecule is CCN1C(=O)/C(=C/c2ccc(OCc3ccc(Cl)cc3Cl)c(Cl)c2)N(C)C1=S. The summed E-state index contributed by atoms with van der Waals surface area (Å²) in [4.78, 5) is 15.7. The third kappa shape index (κ3) is 4.28. The maximum Gasteiger partial charge on any atom is 0.276 e. The Morgan fingerprint density at radius 3 is 2.46 bits per heavy atom. The molecule has 28 heavy (non-hydrogen) atoms. The Balaban J connectivity index is 1.77. The largest absolute Gasteiger partial charge is 0.487 e. The zero-order valence-corrected chi connectivity index (χ0v) is 18.3. The second-order valence-electron chi connectivity index (χ2n) is 6.13. The van der Waals surface area contributed by atoms with E-state index >= 15 is 0 Å². The molecule has 1 amide bonds. The van der Waals surface area contributed by atoms with E-state index in [1.807, 2.05) is 13.0 Å². The van der Waals surface area contributed by atoms with E-state index in [9.17, 15) is 4.79 Å². The third-order valence-electron chi connectivity index (χ3n) is 4.32. The van der Waals surface area contributed by atoms with Gasteiger partial charge in [-0.15, -0.1) is 0 Å². The van der Waals surface area contributed by atoms with Crippen molar-refractivity contribution in [3.05, 3.63) is 68.3 Å². The van der Waals surface area contributed by atoms with Gasteiger partial charge in [-0.1, -0.05) is 46.9 Å². The van der Waals surface area contributed by atoms with Crippen molar-refractivity contribution in [2.24, 2.45) is 0 Å². The first-order valence-corrected chi connectivity index (χ1v) is 10.0. The molecule has 0 saturated carbocycles. The van der Waals surface area contributed by atoms with E-state index in [2.05, 4.69) is 0 Å². The molecule has 0 spiro atoms. The Labute approximate surface area is 184 Å². The molecule has 0 radical (unpaired) electrons. The fourth-order valence-corrected chi connectivity index (χ4v) is 3.78. The zero-order valence-electron chi connectivity index (χ0n) is 15.2. The highest BCUT2D eigenvalue weighted by molar-refractivity contribution is 7.80. The van der Waals surface area contributed by atoms with Crippen LogP contribution in [0.2, 0.25) is 15.1 Å².